The van der Waals surface area contributed by atoms with Gasteiger partial charge in [-0.25, -0.2) is 0 Å². The molecule has 0 spiro atoms. The Kier molecular flexibility index (Phi) is 3.21. The third-order valence-corrected chi connectivity index (χ3v) is 3.80. The van der Waals surface area contributed by atoms with Gasteiger partial charge in [0.15, 0.2) is 0 Å². The Bertz CT molecular complexity index is 291. The molecule has 1 heterocycles. The predicted octanol–water partition coefficient (Wildman–Crippen LogP) is 2.06. The summed E-state index contributed by atoms with van der Waals surface area (Å²) in [6.45, 7) is 3.98. The SMILES string of the molecule is Cc1ccc(C(CN)NCC2CC2)s1. The number of rotatable bonds is 5. The Morgan fingerprint density at radius 3 is 2.86 bits per heavy atom. The molecule has 3 heteroatoms. The minimum atomic E-state index is 0.370. The number of hydrogen-bond donors (Lipinski definition) is 2. The first-order valence-electron chi connectivity index (χ1n) is 5.29. The molecule has 1 aliphatic carbocycles. The van der Waals surface area contributed by atoms with Crippen LogP contribution in [0, 0.1) is 12.8 Å². The van der Waals surface area contributed by atoms with Crippen molar-refractivity contribution in [3.63, 3.8) is 0 Å². The van der Waals surface area contributed by atoms with Crippen LogP contribution in [0.2, 0.25) is 0 Å². The summed E-state index contributed by atoms with van der Waals surface area (Å²) < 4.78 is 0. The molecule has 0 bridgehead atoms. The van der Waals surface area contributed by atoms with E-state index in [9.17, 15) is 0 Å². The zero-order valence-corrected chi connectivity index (χ0v) is 9.44. The van der Waals surface area contributed by atoms with Crippen molar-refractivity contribution in [1.82, 2.24) is 5.32 Å². The maximum absolute atomic E-state index is 5.76. The fraction of sp³-hybridized carbons (Fsp3) is 0.636. The Labute approximate surface area is 89.5 Å². The minimum absolute atomic E-state index is 0.370. The average molecular weight is 210 g/mol. The highest BCUT2D eigenvalue weighted by Gasteiger charge is 2.22. The molecule has 1 aliphatic rings. The van der Waals surface area contributed by atoms with Crippen molar-refractivity contribution in [2.45, 2.75) is 25.8 Å². The van der Waals surface area contributed by atoms with Crippen molar-refractivity contribution in [3.8, 4) is 0 Å². The first-order chi connectivity index (χ1) is 6.79. The van der Waals surface area contributed by atoms with E-state index in [0.717, 1.165) is 12.5 Å². The number of nitrogens with two attached hydrogens (primary N) is 1. The average Bonchev–Trinajstić information content (AvgIpc) is 2.90. The van der Waals surface area contributed by atoms with Gasteiger partial charge in [-0.05, 0) is 44.4 Å². The Balaban J connectivity index is 1.90. The van der Waals surface area contributed by atoms with Crippen LogP contribution in [0.25, 0.3) is 0 Å². The zero-order valence-electron chi connectivity index (χ0n) is 8.62. The fourth-order valence-corrected chi connectivity index (χ4v) is 2.54. The van der Waals surface area contributed by atoms with Crippen LogP contribution < -0.4 is 11.1 Å². The molecule has 2 rings (SSSR count). The van der Waals surface area contributed by atoms with Gasteiger partial charge >= 0.3 is 0 Å². The van der Waals surface area contributed by atoms with E-state index in [1.807, 2.05) is 11.3 Å². The summed E-state index contributed by atoms with van der Waals surface area (Å²) in [6.07, 6.45) is 2.79. The van der Waals surface area contributed by atoms with Crippen molar-refractivity contribution in [1.29, 1.82) is 0 Å². The zero-order chi connectivity index (χ0) is 9.97. The van der Waals surface area contributed by atoms with Crippen molar-refractivity contribution in [2.75, 3.05) is 13.1 Å². The molecular weight excluding hydrogens is 192 g/mol. The molecule has 3 N–H and O–H groups in total. The molecule has 1 unspecified atom stereocenters. The predicted molar refractivity (Wildman–Crippen MR) is 61.6 cm³/mol. The fourth-order valence-electron chi connectivity index (χ4n) is 1.57. The van der Waals surface area contributed by atoms with Crippen LogP contribution >= 0.6 is 11.3 Å². The maximum atomic E-state index is 5.76. The van der Waals surface area contributed by atoms with E-state index in [0.29, 0.717) is 12.6 Å². The molecule has 0 amide bonds. The summed E-state index contributed by atoms with van der Waals surface area (Å²) >= 11 is 1.85. The summed E-state index contributed by atoms with van der Waals surface area (Å²) in [5, 5.41) is 3.55. The molecular formula is C11H18N2S. The standard InChI is InChI=1S/C11H18N2S/c1-8-2-5-11(14-8)10(6-12)13-7-9-3-4-9/h2,5,9-10,13H,3-4,6-7,12H2,1H3. The molecule has 0 aliphatic heterocycles. The van der Waals surface area contributed by atoms with E-state index in [4.69, 9.17) is 5.73 Å². The lowest BCUT2D eigenvalue weighted by Crippen LogP contribution is -2.29. The molecule has 2 nitrogen and oxygen atoms in total. The lowest BCUT2D eigenvalue weighted by molar-refractivity contribution is 0.529. The van der Waals surface area contributed by atoms with E-state index in [-0.39, 0.29) is 0 Å². The summed E-state index contributed by atoms with van der Waals surface area (Å²) in [5.74, 6) is 0.921. The number of hydrogen-bond acceptors (Lipinski definition) is 3. The third kappa shape index (κ3) is 2.56. The largest absolute Gasteiger partial charge is 0.329 e. The topological polar surface area (TPSA) is 38.0 Å². The van der Waals surface area contributed by atoms with Gasteiger partial charge in [0.25, 0.3) is 0 Å². The summed E-state index contributed by atoms with van der Waals surface area (Å²) in [6, 6.07) is 4.73. The highest BCUT2D eigenvalue weighted by atomic mass is 32.1. The van der Waals surface area contributed by atoms with Gasteiger partial charge in [0, 0.05) is 16.3 Å². The Hall–Kier alpha value is -0.380. The molecule has 78 valence electrons. The van der Waals surface area contributed by atoms with Crippen molar-refractivity contribution in [3.05, 3.63) is 21.9 Å². The van der Waals surface area contributed by atoms with Crippen LogP contribution in [0.15, 0.2) is 12.1 Å². The van der Waals surface area contributed by atoms with Crippen LogP contribution in [-0.2, 0) is 0 Å². The second-order valence-corrected chi connectivity index (χ2v) is 5.41. The monoisotopic (exact) mass is 210 g/mol. The molecule has 0 saturated heterocycles. The van der Waals surface area contributed by atoms with Gasteiger partial charge in [0.1, 0.15) is 0 Å². The lowest BCUT2D eigenvalue weighted by Gasteiger charge is -2.14. The molecule has 1 aromatic rings. The first-order valence-corrected chi connectivity index (χ1v) is 6.11. The smallest absolute Gasteiger partial charge is 0.0539 e. The second kappa shape index (κ2) is 4.43. The van der Waals surface area contributed by atoms with Crippen LogP contribution in [-0.4, -0.2) is 13.1 Å². The van der Waals surface area contributed by atoms with Gasteiger partial charge in [-0.2, -0.15) is 0 Å². The van der Waals surface area contributed by atoms with Crippen LogP contribution in [0.3, 0.4) is 0 Å². The van der Waals surface area contributed by atoms with Gasteiger partial charge in [0.05, 0.1) is 6.04 Å². The van der Waals surface area contributed by atoms with Gasteiger partial charge in [-0.3, -0.25) is 0 Å². The van der Waals surface area contributed by atoms with E-state index in [2.05, 4.69) is 24.4 Å². The summed E-state index contributed by atoms with van der Waals surface area (Å²) in [4.78, 5) is 2.75. The molecule has 0 aromatic carbocycles. The molecule has 0 radical (unpaired) electrons. The van der Waals surface area contributed by atoms with Crippen LogP contribution in [0.1, 0.15) is 28.6 Å². The highest BCUT2D eigenvalue weighted by Crippen LogP contribution is 2.29. The Morgan fingerprint density at radius 2 is 2.36 bits per heavy atom. The van der Waals surface area contributed by atoms with E-state index in [1.54, 1.807) is 0 Å². The molecule has 14 heavy (non-hydrogen) atoms. The molecule has 1 aromatic heterocycles. The molecule has 1 saturated carbocycles. The maximum Gasteiger partial charge on any atom is 0.0539 e. The summed E-state index contributed by atoms with van der Waals surface area (Å²) in [5.41, 5.74) is 5.76. The van der Waals surface area contributed by atoms with Crippen molar-refractivity contribution >= 4 is 11.3 Å². The van der Waals surface area contributed by atoms with E-state index >= 15 is 0 Å². The minimum Gasteiger partial charge on any atom is -0.329 e. The summed E-state index contributed by atoms with van der Waals surface area (Å²) in [7, 11) is 0. The van der Waals surface area contributed by atoms with Gasteiger partial charge < -0.3 is 11.1 Å². The Morgan fingerprint density at radius 1 is 1.57 bits per heavy atom. The van der Waals surface area contributed by atoms with Crippen molar-refractivity contribution < 1.29 is 0 Å². The van der Waals surface area contributed by atoms with Crippen LogP contribution in [0.4, 0.5) is 0 Å². The quantitative estimate of drug-likeness (QED) is 0.780. The van der Waals surface area contributed by atoms with Gasteiger partial charge in [0.2, 0.25) is 0 Å². The molecule has 1 fully saturated rings. The second-order valence-electron chi connectivity index (χ2n) is 4.09. The van der Waals surface area contributed by atoms with Crippen LogP contribution in [0.5, 0.6) is 0 Å². The van der Waals surface area contributed by atoms with E-state index < -0.39 is 0 Å². The van der Waals surface area contributed by atoms with E-state index in [1.165, 1.54) is 22.6 Å². The number of aryl methyl sites for hydroxylation is 1. The highest BCUT2D eigenvalue weighted by molar-refractivity contribution is 7.12. The van der Waals surface area contributed by atoms with Crippen molar-refractivity contribution in [2.24, 2.45) is 11.7 Å². The third-order valence-electron chi connectivity index (χ3n) is 2.69. The lowest BCUT2D eigenvalue weighted by atomic mass is 10.2. The normalized spacial score (nSPS) is 18.4. The molecule has 1 atom stereocenters. The number of nitrogens with one attached hydrogen (secondary N) is 1. The van der Waals surface area contributed by atoms with Gasteiger partial charge in [-0.15, -0.1) is 11.3 Å². The first kappa shape index (κ1) is 10.1. The van der Waals surface area contributed by atoms with Gasteiger partial charge in [-0.1, -0.05) is 0 Å². The number of thiophene rings is 1.